The van der Waals surface area contributed by atoms with Gasteiger partial charge in [0.15, 0.2) is 11.5 Å². The Morgan fingerprint density at radius 2 is 1.54 bits per heavy atom. The van der Waals surface area contributed by atoms with Gasteiger partial charge in [-0.15, -0.1) is 0 Å². The summed E-state index contributed by atoms with van der Waals surface area (Å²) in [6.45, 7) is 1.10. The van der Waals surface area contributed by atoms with Crippen molar-refractivity contribution < 1.29 is 33.0 Å². The number of anilines is 2. The molecule has 0 aliphatic heterocycles. The lowest BCUT2D eigenvalue weighted by Crippen LogP contribution is -2.35. The van der Waals surface area contributed by atoms with E-state index in [1.807, 2.05) is 12.1 Å². The first-order chi connectivity index (χ1) is 22.3. The van der Waals surface area contributed by atoms with Crippen molar-refractivity contribution in [1.29, 1.82) is 0 Å². The molecule has 1 heterocycles. The minimum atomic E-state index is -1.16. The second-order valence-electron chi connectivity index (χ2n) is 10.9. The number of benzene rings is 3. The normalized spacial score (nSPS) is 13.0. The summed E-state index contributed by atoms with van der Waals surface area (Å²) in [5.41, 5.74) is 0.451. The lowest BCUT2D eigenvalue weighted by atomic mass is 10.0. The van der Waals surface area contributed by atoms with E-state index in [9.17, 15) is 18.8 Å². The molecule has 3 aromatic carbocycles. The quantitative estimate of drug-likeness (QED) is 0.0696. The average Bonchev–Trinajstić information content (AvgIpc) is 3.88. The van der Waals surface area contributed by atoms with Crippen molar-refractivity contribution in [2.75, 3.05) is 36.6 Å². The average molecular weight is 647 g/mol. The van der Waals surface area contributed by atoms with E-state index in [1.54, 1.807) is 43.6 Å². The number of methoxy groups -OCH3 is 1. The highest BCUT2D eigenvalue weighted by Crippen LogP contribution is 2.47. The molecule has 1 aromatic heterocycles. The lowest BCUT2D eigenvalue weighted by molar-refractivity contribution is -0.131. The van der Waals surface area contributed by atoms with Gasteiger partial charge in [0.05, 0.1) is 25.0 Å². The highest BCUT2D eigenvalue weighted by molar-refractivity contribution is 7.81. The van der Waals surface area contributed by atoms with E-state index in [0.717, 1.165) is 24.6 Å². The van der Waals surface area contributed by atoms with Crippen LogP contribution in [0.5, 0.6) is 23.0 Å². The standard InChI is InChI=1S/C34H35FN4O6S/c1-43-29-19-26-27(20-30(29)44-18-4-2-3-16-37-31(40)21-46)36-17-13-28(26)45-25-11-9-24(10-12-25)39-33(42)34(14-15-34)32(41)38-23-7-5-22(35)6-8-23/h5-13,17,19-20,46H,2-4,14-16,18,21H2,1H3,(H,37,40)(H,38,41)(H,39,42). The first-order valence-electron chi connectivity index (χ1n) is 14.9. The van der Waals surface area contributed by atoms with Gasteiger partial charge in [0, 0.05) is 35.6 Å². The molecule has 0 radical (unpaired) electrons. The van der Waals surface area contributed by atoms with Crippen LogP contribution < -0.4 is 30.2 Å². The Bertz CT molecular complexity index is 1700. The monoisotopic (exact) mass is 646 g/mol. The number of rotatable bonds is 15. The SMILES string of the molecule is COc1cc2c(Oc3ccc(NC(=O)C4(C(=O)Nc5ccc(F)cc5)CC4)cc3)ccnc2cc1OCCCCCNC(=O)CS. The van der Waals surface area contributed by atoms with Gasteiger partial charge in [-0.2, -0.15) is 12.6 Å². The fraction of sp³-hybridized carbons (Fsp3) is 0.294. The Hall–Kier alpha value is -4.84. The summed E-state index contributed by atoms with van der Waals surface area (Å²) in [4.78, 5) is 41.6. The van der Waals surface area contributed by atoms with Gasteiger partial charge in [0.1, 0.15) is 22.7 Å². The van der Waals surface area contributed by atoms with E-state index >= 15 is 0 Å². The zero-order valence-electron chi connectivity index (χ0n) is 25.3. The van der Waals surface area contributed by atoms with E-state index in [1.165, 1.54) is 24.3 Å². The third kappa shape index (κ3) is 8.05. The van der Waals surface area contributed by atoms with Crippen LogP contribution in [-0.2, 0) is 14.4 Å². The topological polar surface area (TPSA) is 128 Å². The maximum Gasteiger partial charge on any atom is 0.240 e. The number of unbranched alkanes of at least 4 members (excludes halogenated alkanes) is 2. The number of pyridine rings is 1. The minimum absolute atomic E-state index is 0.0765. The summed E-state index contributed by atoms with van der Waals surface area (Å²) < 4.78 is 30.9. The van der Waals surface area contributed by atoms with Crippen molar-refractivity contribution >= 4 is 52.6 Å². The number of nitrogens with one attached hydrogen (secondary N) is 3. The smallest absolute Gasteiger partial charge is 0.240 e. The summed E-state index contributed by atoms with van der Waals surface area (Å²) in [6.07, 6.45) is 5.06. The van der Waals surface area contributed by atoms with Gasteiger partial charge in [-0.1, -0.05) is 0 Å². The van der Waals surface area contributed by atoms with Crippen molar-refractivity contribution in [3.05, 3.63) is 78.7 Å². The predicted molar refractivity (Wildman–Crippen MR) is 176 cm³/mol. The molecule has 1 saturated carbocycles. The number of hydrogen-bond acceptors (Lipinski definition) is 8. The minimum Gasteiger partial charge on any atom is -0.493 e. The van der Waals surface area contributed by atoms with E-state index in [0.29, 0.717) is 65.9 Å². The first-order valence-corrected chi connectivity index (χ1v) is 15.6. The molecule has 1 aliphatic carbocycles. The molecule has 1 aliphatic rings. The maximum atomic E-state index is 13.2. The highest BCUT2D eigenvalue weighted by Gasteiger charge is 2.56. The summed E-state index contributed by atoms with van der Waals surface area (Å²) in [7, 11) is 1.57. The Labute approximate surface area is 271 Å². The fourth-order valence-electron chi connectivity index (χ4n) is 4.81. The van der Waals surface area contributed by atoms with Gasteiger partial charge in [0.2, 0.25) is 17.7 Å². The van der Waals surface area contributed by atoms with Crippen molar-refractivity contribution in [1.82, 2.24) is 10.3 Å². The number of fused-ring (bicyclic) bond motifs is 1. The van der Waals surface area contributed by atoms with Crippen LogP contribution in [-0.4, -0.2) is 48.7 Å². The van der Waals surface area contributed by atoms with Crippen LogP contribution in [0.3, 0.4) is 0 Å². The van der Waals surface area contributed by atoms with Gasteiger partial charge in [-0.05, 0) is 92.8 Å². The second kappa shape index (κ2) is 15.0. The van der Waals surface area contributed by atoms with E-state index in [4.69, 9.17) is 14.2 Å². The van der Waals surface area contributed by atoms with Crippen LogP contribution in [0.2, 0.25) is 0 Å². The van der Waals surface area contributed by atoms with Gasteiger partial charge in [-0.25, -0.2) is 4.39 Å². The fourth-order valence-corrected chi connectivity index (χ4v) is 4.92. The van der Waals surface area contributed by atoms with E-state index in [-0.39, 0.29) is 11.7 Å². The largest absolute Gasteiger partial charge is 0.493 e. The molecular weight excluding hydrogens is 611 g/mol. The zero-order valence-corrected chi connectivity index (χ0v) is 26.2. The molecule has 0 unspecified atom stereocenters. The van der Waals surface area contributed by atoms with Gasteiger partial charge in [-0.3, -0.25) is 19.4 Å². The Balaban J connectivity index is 1.17. The Morgan fingerprint density at radius 1 is 0.870 bits per heavy atom. The number of amides is 3. The molecule has 5 rings (SSSR count). The van der Waals surface area contributed by atoms with Gasteiger partial charge >= 0.3 is 0 Å². The van der Waals surface area contributed by atoms with Crippen LogP contribution >= 0.6 is 12.6 Å². The molecule has 0 spiro atoms. The summed E-state index contributed by atoms with van der Waals surface area (Å²) in [5, 5.41) is 9.05. The zero-order chi connectivity index (χ0) is 32.5. The number of thiol groups is 1. The number of aromatic nitrogens is 1. The molecule has 0 atom stereocenters. The molecular formula is C34H35FN4O6S. The predicted octanol–water partition coefficient (Wildman–Crippen LogP) is 6.13. The number of carbonyl (C=O) groups is 3. The third-order valence-corrected chi connectivity index (χ3v) is 7.88. The molecule has 3 amide bonds. The number of ether oxygens (including phenoxy) is 3. The van der Waals surface area contributed by atoms with Crippen LogP contribution in [0, 0.1) is 11.2 Å². The van der Waals surface area contributed by atoms with Crippen molar-refractivity contribution in [2.24, 2.45) is 5.41 Å². The summed E-state index contributed by atoms with van der Waals surface area (Å²) >= 11 is 3.94. The molecule has 3 N–H and O–H groups in total. The molecule has 12 heteroatoms. The summed E-state index contributed by atoms with van der Waals surface area (Å²) in [5.74, 6) is 1.09. The number of halogens is 1. The van der Waals surface area contributed by atoms with Crippen LogP contribution in [0.1, 0.15) is 32.1 Å². The number of nitrogens with zero attached hydrogens (tertiary/aromatic N) is 1. The van der Waals surface area contributed by atoms with Gasteiger partial charge < -0.3 is 30.2 Å². The third-order valence-electron chi connectivity index (χ3n) is 7.59. The molecule has 0 bridgehead atoms. The number of hydrogen-bond donors (Lipinski definition) is 4. The highest BCUT2D eigenvalue weighted by atomic mass is 32.1. The molecule has 1 fully saturated rings. The van der Waals surface area contributed by atoms with Crippen LogP contribution in [0.15, 0.2) is 72.9 Å². The molecule has 0 saturated heterocycles. The second-order valence-corrected chi connectivity index (χ2v) is 11.2. The van der Waals surface area contributed by atoms with E-state index < -0.39 is 23.0 Å². The molecule has 10 nitrogen and oxygen atoms in total. The van der Waals surface area contributed by atoms with Crippen LogP contribution in [0.4, 0.5) is 15.8 Å². The maximum absolute atomic E-state index is 13.2. The molecule has 4 aromatic rings. The van der Waals surface area contributed by atoms with Crippen LogP contribution in [0.25, 0.3) is 10.9 Å². The Morgan fingerprint density at radius 3 is 2.17 bits per heavy atom. The molecule has 240 valence electrons. The molecule has 46 heavy (non-hydrogen) atoms. The van der Waals surface area contributed by atoms with Crippen molar-refractivity contribution in [3.63, 3.8) is 0 Å². The Kier molecular flexibility index (Phi) is 10.6. The number of carbonyl (C=O) groups excluding carboxylic acids is 3. The summed E-state index contributed by atoms with van der Waals surface area (Å²) in [6, 6.07) is 17.6. The van der Waals surface area contributed by atoms with Gasteiger partial charge in [0.25, 0.3) is 0 Å². The lowest BCUT2D eigenvalue weighted by Gasteiger charge is -2.16. The van der Waals surface area contributed by atoms with E-state index in [2.05, 4.69) is 33.6 Å². The first kappa shape index (κ1) is 32.6. The van der Waals surface area contributed by atoms with Crippen molar-refractivity contribution in [2.45, 2.75) is 32.1 Å². The van der Waals surface area contributed by atoms with Crippen molar-refractivity contribution in [3.8, 4) is 23.0 Å².